The third-order valence-corrected chi connectivity index (χ3v) is 0. The molecule has 0 bridgehead atoms. The minimum Gasteiger partial charge on any atom is -0.769 e. The molecule has 0 aromatic carbocycles. The van der Waals surface area contributed by atoms with Crippen molar-refractivity contribution in [3.63, 3.8) is 0 Å². The van der Waals surface area contributed by atoms with E-state index in [9.17, 15) is 0 Å². The van der Waals surface area contributed by atoms with Crippen LogP contribution in [0.3, 0.4) is 0 Å². The van der Waals surface area contributed by atoms with Gasteiger partial charge >= 0.3 is 75.5 Å². The van der Waals surface area contributed by atoms with E-state index in [1.165, 1.54) is 0 Å². The minimum absolute atomic E-state index is 0. The van der Waals surface area contributed by atoms with E-state index in [0.29, 0.717) is 0 Å². The summed E-state index contributed by atoms with van der Waals surface area (Å²) in [4.78, 5) is 0. The molecule has 0 N–H and O–H groups in total. The van der Waals surface area contributed by atoms with E-state index < -0.39 is 10.8 Å². The Kier molecular flexibility index (Phi) is 63.2. The van der Waals surface area contributed by atoms with Gasteiger partial charge in [-0.1, -0.05) is 0 Å². The van der Waals surface area contributed by atoms with Crippen LogP contribution < -0.4 is 18.6 Å². The largest absolute Gasteiger partial charge is 2.00 e. The van der Waals surface area contributed by atoms with E-state index in [2.05, 4.69) is 11.9 Å². The van der Waals surface area contributed by atoms with E-state index in [0.717, 1.165) is 0 Å². The first-order chi connectivity index (χ1) is 2.73. The van der Waals surface area contributed by atoms with Crippen molar-refractivity contribution in [3.05, 3.63) is 0 Å². The summed E-state index contributed by atoms with van der Waals surface area (Å²) in [5.41, 5.74) is 0. The third-order valence-electron chi connectivity index (χ3n) is 0. The molecule has 8 heteroatoms. The normalized spacial score (nSPS) is 5.25. The van der Waals surface area contributed by atoms with Gasteiger partial charge in [0.05, 0.1) is 10.8 Å². The number of hydrogen-bond donors (Lipinski definition) is 0. The van der Waals surface area contributed by atoms with Gasteiger partial charge in [-0.25, -0.2) is 11.9 Å². The average Bonchev–Trinajstić information content (AvgIpc) is 1.41. The van der Waals surface area contributed by atoms with Crippen LogP contribution in [-0.4, -0.2) is 75.5 Å². The molecule has 0 atom stereocenters. The molecule has 0 fully saturated rings. The van der Waals surface area contributed by atoms with Crippen molar-refractivity contribution in [1.82, 2.24) is 0 Å². The van der Waals surface area contributed by atoms with E-state index in [4.69, 9.17) is 18.6 Å². The molecule has 4 nitrogen and oxygen atoms in total. The average molecular weight is 215 g/mol. The Morgan fingerprint density at radius 2 is 0.875 bits per heavy atom. The van der Waals surface area contributed by atoms with Crippen LogP contribution in [0.25, 0.3) is 0 Å². The fourth-order valence-corrected chi connectivity index (χ4v) is 0. The molecule has 40 valence electrons. The summed E-state index contributed by atoms with van der Waals surface area (Å²) in [5, 5.41) is 0. The monoisotopic (exact) mass is 214 g/mol. The van der Waals surface area contributed by atoms with Crippen LogP contribution in [0, 0.1) is 10.8 Å². The molecule has 0 saturated carbocycles. The minimum atomic E-state index is -2.85. The molecule has 0 aromatic heterocycles. The van der Waals surface area contributed by atoms with Crippen molar-refractivity contribution in [1.29, 1.82) is 0 Å². The molecule has 0 aromatic rings. The van der Waals surface area contributed by atoms with E-state index in [1.54, 1.807) is 0 Å². The SMILES string of the molecule is [Ca+2].[Ca+2].[O-]Cl.[O-][Cl+2]([O-])[O-]. The maximum Gasteiger partial charge on any atom is 2.00 e. The molecule has 0 aliphatic heterocycles. The molecule has 0 saturated heterocycles. The second-order valence-corrected chi connectivity index (χ2v) is 0.567. The zero-order chi connectivity index (χ0) is 5.58. The summed E-state index contributed by atoms with van der Waals surface area (Å²) in [6.45, 7) is 0. The second kappa shape index (κ2) is 22.5. The molecule has 0 aliphatic carbocycles. The molecule has 8 heavy (non-hydrogen) atoms. The quantitative estimate of drug-likeness (QED) is 0.379. The van der Waals surface area contributed by atoms with Crippen molar-refractivity contribution in [2.75, 3.05) is 0 Å². The first-order valence-corrected chi connectivity index (χ1v) is 1.85. The van der Waals surface area contributed by atoms with Gasteiger partial charge in [0.2, 0.25) is 0 Å². The predicted octanol–water partition coefficient (Wildman–Crippen LogP) is -4.83. The Balaban J connectivity index is -0.0000000183. The summed E-state index contributed by atoms with van der Waals surface area (Å²) < 4.78 is 32.9. The molecule has 0 aliphatic rings. The maximum atomic E-state index is 8.41. The Hall–Kier alpha value is 2.94. The summed E-state index contributed by atoms with van der Waals surface area (Å²) in [6, 6.07) is 0. The van der Waals surface area contributed by atoms with Crippen LogP contribution in [0.5, 0.6) is 0 Å². The molecule has 0 heterocycles. The standard InChI is InChI=1S/2Ca.ClO3.ClO/c;;2-1(3)4;1-2/q2*+2;2*-1. The van der Waals surface area contributed by atoms with Crippen LogP contribution in [0.1, 0.15) is 0 Å². The van der Waals surface area contributed by atoms with Crippen LogP contribution in [0.15, 0.2) is 0 Å². The topological polar surface area (TPSA) is 92.2 Å². The molecule has 0 unspecified atom stereocenters. The van der Waals surface area contributed by atoms with Gasteiger partial charge in [-0.2, -0.15) is 0 Å². The van der Waals surface area contributed by atoms with Gasteiger partial charge in [0.1, 0.15) is 0 Å². The first-order valence-electron chi connectivity index (χ1n) is 0.617. The van der Waals surface area contributed by atoms with Gasteiger partial charge in [-0.3, -0.25) is 0 Å². The smallest absolute Gasteiger partial charge is 0.769 e. The summed E-state index contributed by atoms with van der Waals surface area (Å²) in [5.74, 6) is 0. The van der Waals surface area contributed by atoms with Crippen LogP contribution in [0.2, 0.25) is 0 Å². The fraction of sp³-hybridized carbons (Fsp3) is 0. The van der Waals surface area contributed by atoms with Gasteiger partial charge in [-0.15, -0.1) is 0 Å². The first kappa shape index (κ1) is 22.4. The van der Waals surface area contributed by atoms with Gasteiger partial charge in [0, 0.05) is 0 Å². The number of hydrogen-bond acceptors (Lipinski definition) is 4. The third kappa shape index (κ3) is 65.2. The van der Waals surface area contributed by atoms with E-state index >= 15 is 0 Å². The number of rotatable bonds is 0. The zero-order valence-corrected chi connectivity index (χ0v) is 9.73. The zero-order valence-electron chi connectivity index (χ0n) is 3.80. The van der Waals surface area contributed by atoms with Crippen LogP contribution in [0.4, 0.5) is 0 Å². The van der Waals surface area contributed by atoms with Gasteiger partial charge in [-0.05, 0) is 0 Å². The molecular formula is Ca2Cl2O4+2. The van der Waals surface area contributed by atoms with Crippen molar-refractivity contribution in [2.24, 2.45) is 0 Å². The Morgan fingerprint density at radius 3 is 0.875 bits per heavy atom. The van der Waals surface area contributed by atoms with E-state index in [-0.39, 0.29) is 75.5 Å². The van der Waals surface area contributed by atoms with Crippen molar-refractivity contribution < 1.29 is 29.4 Å². The fourth-order valence-electron chi connectivity index (χ4n) is 0. The van der Waals surface area contributed by atoms with Crippen molar-refractivity contribution >= 4 is 87.3 Å². The predicted molar refractivity (Wildman–Crippen MR) is 17.4 cm³/mol. The van der Waals surface area contributed by atoms with Gasteiger partial charge in [0.15, 0.2) is 0 Å². The molecule has 0 rings (SSSR count). The number of halogens is 2. The maximum absolute atomic E-state index is 8.41. The molecular weight excluding hydrogens is 215 g/mol. The Morgan fingerprint density at radius 1 is 0.875 bits per heavy atom. The van der Waals surface area contributed by atoms with Gasteiger partial charge < -0.3 is 18.6 Å². The molecule has 0 amide bonds. The summed E-state index contributed by atoms with van der Waals surface area (Å²) in [7, 11) is -2.85. The van der Waals surface area contributed by atoms with E-state index in [1.807, 2.05) is 0 Å². The Labute approximate surface area is 114 Å². The van der Waals surface area contributed by atoms with Gasteiger partial charge in [0.25, 0.3) is 0 Å². The summed E-state index contributed by atoms with van der Waals surface area (Å²) in [6.07, 6.45) is 0. The van der Waals surface area contributed by atoms with Crippen molar-refractivity contribution in [2.45, 2.75) is 0 Å². The second-order valence-electron chi connectivity index (χ2n) is 0.189. The molecule has 0 spiro atoms. The van der Waals surface area contributed by atoms with Crippen LogP contribution in [-0.2, 0) is 0 Å². The van der Waals surface area contributed by atoms with Crippen LogP contribution >= 0.6 is 11.9 Å². The Bertz CT molecular complexity index is 16.8. The molecule has 0 radical (unpaired) electrons. The van der Waals surface area contributed by atoms with Crippen molar-refractivity contribution in [3.8, 4) is 0 Å². The summed E-state index contributed by atoms with van der Waals surface area (Å²) >= 11 is 3.39.